The molecule has 4 rings (SSSR count). The molecular formula is C18H19N3O2S2. The Labute approximate surface area is 155 Å². The van der Waals surface area contributed by atoms with Gasteiger partial charge in [-0.05, 0) is 31.4 Å². The van der Waals surface area contributed by atoms with Crippen LogP contribution in [0.15, 0.2) is 40.7 Å². The largest absolute Gasteiger partial charge is 0.332 e. The maximum absolute atomic E-state index is 13.0. The number of rotatable bonds is 3. The third-order valence-corrected chi connectivity index (χ3v) is 6.59. The monoisotopic (exact) mass is 373 g/mol. The lowest BCUT2D eigenvalue weighted by Gasteiger charge is -2.37. The van der Waals surface area contributed by atoms with Crippen LogP contribution in [0.3, 0.4) is 0 Å². The van der Waals surface area contributed by atoms with Gasteiger partial charge < -0.3 is 9.80 Å². The first-order chi connectivity index (χ1) is 12.2. The summed E-state index contributed by atoms with van der Waals surface area (Å²) in [4.78, 5) is 34.5. The highest BCUT2D eigenvalue weighted by Crippen LogP contribution is 2.36. The average Bonchev–Trinajstić information content (AvgIpc) is 3.18. The van der Waals surface area contributed by atoms with Crippen LogP contribution in [0.1, 0.15) is 30.3 Å². The summed E-state index contributed by atoms with van der Waals surface area (Å²) in [6, 6.07) is 7.84. The number of likely N-dealkylation sites (tertiary alicyclic amines) is 1. The summed E-state index contributed by atoms with van der Waals surface area (Å²) in [6.45, 7) is 0.847. The number of benzene rings is 1. The number of piperidine rings is 1. The van der Waals surface area contributed by atoms with Gasteiger partial charge in [0.2, 0.25) is 11.8 Å². The van der Waals surface area contributed by atoms with Gasteiger partial charge in [0.05, 0.1) is 17.5 Å². The highest BCUT2D eigenvalue weighted by atomic mass is 32.2. The van der Waals surface area contributed by atoms with E-state index in [0.717, 1.165) is 41.4 Å². The van der Waals surface area contributed by atoms with Gasteiger partial charge in [0.25, 0.3) is 0 Å². The fourth-order valence-corrected chi connectivity index (χ4v) is 5.16. The Morgan fingerprint density at radius 1 is 1.28 bits per heavy atom. The number of carbonyl (C=O) groups excluding carboxylic acids is 2. The number of aromatic nitrogens is 1. The van der Waals surface area contributed by atoms with Crippen molar-refractivity contribution in [3.05, 3.63) is 40.8 Å². The third-order valence-electron chi connectivity index (χ3n) is 4.66. The van der Waals surface area contributed by atoms with Crippen LogP contribution in [0.25, 0.3) is 0 Å². The maximum atomic E-state index is 13.0. The molecule has 2 aliphatic rings. The molecule has 0 aliphatic carbocycles. The fraction of sp³-hybridized carbons (Fsp3) is 0.389. The number of para-hydroxylation sites is 1. The van der Waals surface area contributed by atoms with E-state index < -0.39 is 0 Å². The molecule has 1 saturated heterocycles. The van der Waals surface area contributed by atoms with Crippen LogP contribution in [0, 0.1) is 0 Å². The number of thiazole rings is 1. The van der Waals surface area contributed by atoms with E-state index in [0.29, 0.717) is 5.75 Å². The van der Waals surface area contributed by atoms with Crippen molar-refractivity contribution in [2.75, 3.05) is 23.7 Å². The van der Waals surface area contributed by atoms with Crippen molar-refractivity contribution in [1.29, 1.82) is 0 Å². The number of fused-ring (bicyclic) bond motifs is 1. The quantitative estimate of drug-likeness (QED) is 0.828. The smallest absolute Gasteiger partial charge is 0.243 e. The molecule has 1 fully saturated rings. The van der Waals surface area contributed by atoms with Gasteiger partial charge in [-0.25, -0.2) is 4.98 Å². The van der Waals surface area contributed by atoms with Crippen molar-refractivity contribution < 1.29 is 9.59 Å². The lowest BCUT2D eigenvalue weighted by molar-refractivity contribution is -0.134. The Morgan fingerprint density at radius 3 is 3.00 bits per heavy atom. The number of anilines is 1. The molecule has 2 aromatic rings. The molecule has 2 aliphatic heterocycles. The maximum Gasteiger partial charge on any atom is 0.243 e. The van der Waals surface area contributed by atoms with Gasteiger partial charge in [0, 0.05) is 23.0 Å². The number of nitrogens with zero attached hydrogens (tertiary/aromatic N) is 3. The number of thioether (sulfide) groups is 1. The number of hydrogen-bond donors (Lipinski definition) is 0. The molecule has 1 atom stereocenters. The van der Waals surface area contributed by atoms with Gasteiger partial charge in [0.15, 0.2) is 0 Å². The number of hydrogen-bond acceptors (Lipinski definition) is 5. The Balaban J connectivity index is 1.56. The lowest BCUT2D eigenvalue weighted by atomic mass is 10.0. The normalized spacial score (nSPS) is 20.5. The van der Waals surface area contributed by atoms with Gasteiger partial charge in [-0.2, -0.15) is 0 Å². The van der Waals surface area contributed by atoms with Crippen molar-refractivity contribution in [3.63, 3.8) is 0 Å². The Morgan fingerprint density at radius 2 is 2.16 bits per heavy atom. The second-order valence-electron chi connectivity index (χ2n) is 6.21. The second-order valence-corrected chi connectivity index (χ2v) is 8.15. The van der Waals surface area contributed by atoms with Crippen molar-refractivity contribution in [1.82, 2.24) is 9.88 Å². The van der Waals surface area contributed by atoms with E-state index in [1.165, 1.54) is 11.8 Å². The van der Waals surface area contributed by atoms with E-state index in [1.54, 1.807) is 22.4 Å². The summed E-state index contributed by atoms with van der Waals surface area (Å²) in [5, 5.41) is 2.95. The highest BCUT2D eigenvalue weighted by Gasteiger charge is 2.33. The van der Waals surface area contributed by atoms with Gasteiger partial charge >= 0.3 is 0 Å². The van der Waals surface area contributed by atoms with Crippen molar-refractivity contribution in [3.8, 4) is 0 Å². The van der Waals surface area contributed by atoms with Gasteiger partial charge in [0.1, 0.15) is 11.6 Å². The summed E-state index contributed by atoms with van der Waals surface area (Å²) in [5.74, 6) is 0.398. The van der Waals surface area contributed by atoms with Crippen molar-refractivity contribution in [2.45, 2.75) is 30.2 Å². The zero-order valence-corrected chi connectivity index (χ0v) is 15.4. The topological polar surface area (TPSA) is 53.5 Å². The van der Waals surface area contributed by atoms with Crippen molar-refractivity contribution >= 4 is 40.6 Å². The zero-order chi connectivity index (χ0) is 17.2. The zero-order valence-electron chi connectivity index (χ0n) is 13.8. The molecule has 0 N–H and O–H groups in total. The Kier molecular flexibility index (Phi) is 4.76. The minimum atomic E-state index is -0.000131. The molecule has 0 spiro atoms. The predicted molar refractivity (Wildman–Crippen MR) is 99.9 cm³/mol. The Hall–Kier alpha value is -1.86. The van der Waals surface area contributed by atoms with Crippen LogP contribution in [-0.2, 0) is 9.59 Å². The first-order valence-electron chi connectivity index (χ1n) is 8.45. The third kappa shape index (κ3) is 3.30. The first kappa shape index (κ1) is 16.6. The number of amides is 2. The second kappa shape index (κ2) is 7.17. The van der Waals surface area contributed by atoms with Crippen LogP contribution in [0.4, 0.5) is 5.69 Å². The molecule has 1 aromatic heterocycles. The minimum Gasteiger partial charge on any atom is -0.332 e. The molecule has 2 amide bonds. The molecular weight excluding hydrogens is 354 g/mol. The molecule has 0 radical (unpaired) electrons. The average molecular weight is 374 g/mol. The van der Waals surface area contributed by atoms with E-state index in [1.807, 2.05) is 34.5 Å². The molecule has 0 bridgehead atoms. The molecule has 0 unspecified atom stereocenters. The summed E-state index contributed by atoms with van der Waals surface area (Å²) >= 11 is 3.13. The van der Waals surface area contributed by atoms with Crippen LogP contribution < -0.4 is 4.90 Å². The van der Waals surface area contributed by atoms with E-state index in [4.69, 9.17) is 0 Å². The molecule has 5 nitrogen and oxygen atoms in total. The van der Waals surface area contributed by atoms with E-state index in [9.17, 15) is 9.59 Å². The van der Waals surface area contributed by atoms with Gasteiger partial charge in [-0.3, -0.25) is 9.59 Å². The first-order valence-corrected chi connectivity index (χ1v) is 10.3. The summed E-state index contributed by atoms with van der Waals surface area (Å²) in [6.07, 6.45) is 4.85. The van der Waals surface area contributed by atoms with Crippen molar-refractivity contribution in [2.24, 2.45) is 0 Å². The summed E-state index contributed by atoms with van der Waals surface area (Å²) < 4.78 is 0. The summed E-state index contributed by atoms with van der Waals surface area (Å²) in [5.41, 5.74) is 0.847. The number of carbonyl (C=O) groups is 2. The van der Waals surface area contributed by atoms with Crippen LogP contribution in [-0.4, -0.2) is 40.5 Å². The standard InChI is InChI=1S/C18H19N3O2S2/c22-16(20-9-4-3-6-14(20)18-19-8-10-24-18)11-21-13-5-1-2-7-15(13)25-12-17(21)23/h1-2,5,7-8,10,14H,3-4,6,9,11-12H2/t14-/m0/s1. The predicted octanol–water partition coefficient (Wildman–Crippen LogP) is 3.34. The molecule has 7 heteroatoms. The van der Waals surface area contributed by atoms with E-state index in [2.05, 4.69) is 4.98 Å². The molecule has 25 heavy (non-hydrogen) atoms. The summed E-state index contributed by atoms with van der Waals surface area (Å²) in [7, 11) is 0. The van der Waals surface area contributed by atoms with Crippen LogP contribution in [0.5, 0.6) is 0 Å². The molecule has 0 saturated carbocycles. The van der Waals surface area contributed by atoms with Gasteiger partial charge in [-0.15, -0.1) is 23.1 Å². The fourth-order valence-electron chi connectivity index (χ4n) is 3.44. The highest BCUT2D eigenvalue weighted by molar-refractivity contribution is 8.00. The molecule has 3 heterocycles. The molecule has 1 aromatic carbocycles. The van der Waals surface area contributed by atoms with Crippen LogP contribution in [0.2, 0.25) is 0 Å². The van der Waals surface area contributed by atoms with E-state index in [-0.39, 0.29) is 24.4 Å². The van der Waals surface area contributed by atoms with Gasteiger partial charge in [-0.1, -0.05) is 12.1 Å². The minimum absolute atomic E-state index is 0.000131. The lowest BCUT2D eigenvalue weighted by Crippen LogP contribution is -2.47. The molecule has 130 valence electrons. The Bertz CT molecular complexity index is 778. The SMILES string of the molecule is O=C1CSc2ccccc2N1CC(=O)N1CCCC[C@H]1c1nccs1. The van der Waals surface area contributed by atoms with Crippen LogP contribution >= 0.6 is 23.1 Å². The van der Waals surface area contributed by atoms with E-state index >= 15 is 0 Å².